The Morgan fingerprint density at radius 3 is 2.73 bits per heavy atom. The Hall–Kier alpha value is -1.77. The lowest BCUT2D eigenvalue weighted by Gasteiger charge is -2.02. The van der Waals surface area contributed by atoms with Crippen LogP contribution in [-0.2, 0) is 7.05 Å². The fourth-order valence-corrected chi connectivity index (χ4v) is 1.76. The van der Waals surface area contributed by atoms with Gasteiger partial charge in [-0.25, -0.2) is 0 Å². The van der Waals surface area contributed by atoms with Gasteiger partial charge in [0.05, 0.1) is 0 Å². The highest BCUT2D eigenvalue weighted by Crippen LogP contribution is 2.19. The molecule has 3 heteroatoms. The number of aromatic nitrogens is 1. The minimum atomic E-state index is 0.579. The molecule has 0 unspecified atom stereocenters. The topological polar surface area (TPSA) is 43.3 Å². The highest BCUT2D eigenvalue weighted by Gasteiger charge is 2.04. The standard InChI is InChI=1S/C12H15N3/c1-8-6-9-4-5-10(12(13)14-2)7-11(9)15(8)3/h4-7H,1-3H3,(H2,13,14). The molecule has 0 bridgehead atoms. The summed E-state index contributed by atoms with van der Waals surface area (Å²) in [6.45, 7) is 2.09. The largest absolute Gasteiger partial charge is 0.384 e. The van der Waals surface area contributed by atoms with E-state index in [4.69, 9.17) is 5.73 Å². The quantitative estimate of drug-likeness (QED) is 0.555. The number of nitrogens with two attached hydrogens (primary N) is 1. The van der Waals surface area contributed by atoms with Gasteiger partial charge in [0.2, 0.25) is 0 Å². The van der Waals surface area contributed by atoms with Gasteiger partial charge in [-0.1, -0.05) is 12.1 Å². The van der Waals surface area contributed by atoms with Crippen LogP contribution < -0.4 is 5.73 Å². The molecule has 1 heterocycles. The van der Waals surface area contributed by atoms with Crippen molar-refractivity contribution >= 4 is 16.7 Å². The van der Waals surface area contributed by atoms with Gasteiger partial charge in [-0.3, -0.25) is 4.99 Å². The van der Waals surface area contributed by atoms with Crippen LogP contribution in [0, 0.1) is 6.92 Å². The van der Waals surface area contributed by atoms with Crippen LogP contribution in [0.25, 0.3) is 10.9 Å². The predicted octanol–water partition coefficient (Wildman–Crippen LogP) is 1.82. The summed E-state index contributed by atoms with van der Waals surface area (Å²) in [5, 5.41) is 1.24. The van der Waals surface area contributed by atoms with Crippen LogP contribution >= 0.6 is 0 Å². The molecule has 15 heavy (non-hydrogen) atoms. The van der Waals surface area contributed by atoms with E-state index in [1.165, 1.54) is 16.6 Å². The second-order valence-corrected chi connectivity index (χ2v) is 3.73. The summed E-state index contributed by atoms with van der Waals surface area (Å²) >= 11 is 0. The molecule has 0 saturated heterocycles. The molecular formula is C12H15N3. The number of fused-ring (bicyclic) bond motifs is 1. The number of hydrogen-bond acceptors (Lipinski definition) is 1. The van der Waals surface area contributed by atoms with Gasteiger partial charge in [0, 0.05) is 30.9 Å². The first-order chi connectivity index (χ1) is 7.13. The minimum absolute atomic E-state index is 0.579. The van der Waals surface area contributed by atoms with Crippen LogP contribution in [0.1, 0.15) is 11.3 Å². The van der Waals surface area contributed by atoms with E-state index in [9.17, 15) is 0 Å². The van der Waals surface area contributed by atoms with Crippen LogP contribution in [0.4, 0.5) is 0 Å². The minimum Gasteiger partial charge on any atom is -0.384 e. The number of aryl methyl sites for hydroxylation is 2. The number of benzene rings is 1. The normalized spacial score (nSPS) is 12.3. The van der Waals surface area contributed by atoms with E-state index in [2.05, 4.69) is 41.7 Å². The summed E-state index contributed by atoms with van der Waals surface area (Å²) in [6.07, 6.45) is 0. The van der Waals surface area contributed by atoms with Gasteiger partial charge in [-0.05, 0) is 24.4 Å². The highest BCUT2D eigenvalue weighted by atomic mass is 14.9. The molecule has 0 fully saturated rings. The molecule has 0 amide bonds. The number of hydrogen-bond donors (Lipinski definition) is 1. The summed E-state index contributed by atoms with van der Waals surface area (Å²) < 4.78 is 2.15. The molecule has 2 aromatic rings. The zero-order valence-electron chi connectivity index (χ0n) is 9.28. The Labute approximate surface area is 89.2 Å². The maximum absolute atomic E-state index is 5.78. The molecule has 3 nitrogen and oxygen atoms in total. The van der Waals surface area contributed by atoms with Crippen LogP contribution in [0.15, 0.2) is 29.3 Å². The van der Waals surface area contributed by atoms with Crippen LogP contribution in [0.2, 0.25) is 0 Å². The van der Waals surface area contributed by atoms with Gasteiger partial charge in [0.25, 0.3) is 0 Å². The average Bonchev–Trinajstić information content (AvgIpc) is 2.54. The van der Waals surface area contributed by atoms with E-state index >= 15 is 0 Å². The average molecular weight is 201 g/mol. The van der Waals surface area contributed by atoms with Gasteiger partial charge in [0.15, 0.2) is 0 Å². The number of amidine groups is 1. The van der Waals surface area contributed by atoms with Crippen molar-refractivity contribution in [1.82, 2.24) is 4.57 Å². The second kappa shape index (κ2) is 3.42. The third-order valence-electron chi connectivity index (χ3n) is 2.82. The van der Waals surface area contributed by atoms with Gasteiger partial charge < -0.3 is 10.3 Å². The molecule has 0 aliphatic carbocycles. The summed E-state index contributed by atoms with van der Waals surface area (Å²) in [5.74, 6) is 0.579. The number of rotatable bonds is 1. The smallest absolute Gasteiger partial charge is 0.125 e. The first-order valence-electron chi connectivity index (χ1n) is 4.92. The number of aliphatic imine (C=N–C) groups is 1. The van der Waals surface area contributed by atoms with Gasteiger partial charge >= 0.3 is 0 Å². The van der Waals surface area contributed by atoms with Crippen LogP contribution in [0.3, 0.4) is 0 Å². The van der Waals surface area contributed by atoms with Crippen molar-refractivity contribution in [3.63, 3.8) is 0 Å². The van der Waals surface area contributed by atoms with Crippen molar-refractivity contribution in [2.75, 3.05) is 7.05 Å². The maximum Gasteiger partial charge on any atom is 0.125 e. The van der Waals surface area contributed by atoms with Crippen molar-refractivity contribution in [3.05, 3.63) is 35.5 Å². The molecule has 0 atom stereocenters. The Morgan fingerprint density at radius 2 is 2.07 bits per heavy atom. The van der Waals surface area contributed by atoms with Crippen molar-refractivity contribution < 1.29 is 0 Å². The van der Waals surface area contributed by atoms with Crippen molar-refractivity contribution in [2.45, 2.75) is 6.92 Å². The van der Waals surface area contributed by atoms with Gasteiger partial charge in [-0.2, -0.15) is 0 Å². The molecular weight excluding hydrogens is 186 g/mol. The maximum atomic E-state index is 5.78. The van der Waals surface area contributed by atoms with Crippen molar-refractivity contribution in [2.24, 2.45) is 17.8 Å². The van der Waals surface area contributed by atoms with Gasteiger partial charge in [0.1, 0.15) is 5.84 Å². The molecule has 0 aliphatic heterocycles. The van der Waals surface area contributed by atoms with E-state index in [0.717, 1.165) is 5.56 Å². The summed E-state index contributed by atoms with van der Waals surface area (Å²) in [4.78, 5) is 3.99. The van der Waals surface area contributed by atoms with E-state index in [-0.39, 0.29) is 0 Å². The lowest BCUT2D eigenvalue weighted by molar-refractivity contribution is 0.918. The highest BCUT2D eigenvalue weighted by molar-refractivity contribution is 6.00. The predicted molar refractivity (Wildman–Crippen MR) is 64.3 cm³/mol. The Kier molecular flexibility index (Phi) is 2.23. The fraction of sp³-hybridized carbons (Fsp3) is 0.250. The molecule has 0 spiro atoms. The number of nitrogens with zero attached hydrogens (tertiary/aromatic N) is 2. The Morgan fingerprint density at radius 1 is 1.33 bits per heavy atom. The molecule has 2 rings (SSSR count). The Balaban J connectivity index is 2.69. The van der Waals surface area contributed by atoms with E-state index in [1.54, 1.807) is 7.05 Å². The van der Waals surface area contributed by atoms with Crippen LogP contribution in [-0.4, -0.2) is 17.5 Å². The molecule has 0 aliphatic rings. The Bertz CT molecular complexity index is 535. The third-order valence-corrected chi connectivity index (χ3v) is 2.82. The molecule has 1 aromatic heterocycles. The zero-order chi connectivity index (χ0) is 11.0. The summed E-state index contributed by atoms with van der Waals surface area (Å²) in [6, 6.07) is 8.32. The van der Waals surface area contributed by atoms with Crippen molar-refractivity contribution in [1.29, 1.82) is 0 Å². The van der Waals surface area contributed by atoms with E-state index < -0.39 is 0 Å². The zero-order valence-corrected chi connectivity index (χ0v) is 9.28. The second-order valence-electron chi connectivity index (χ2n) is 3.73. The third kappa shape index (κ3) is 1.50. The first kappa shape index (κ1) is 9.77. The van der Waals surface area contributed by atoms with Crippen LogP contribution in [0.5, 0.6) is 0 Å². The molecule has 2 N–H and O–H groups in total. The lowest BCUT2D eigenvalue weighted by atomic mass is 10.1. The van der Waals surface area contributed by atoms with Gasteiger partial charge in [-0.15, -0.1) is 0 Å². The monoisotopic (exact) mass is 201 g/mol. The SMILES string of the molecule is CN=C(N)c1ccc2cc(C)n(C)c2c1. The van der Waals surface area contributed by atoms with E-state index in [1.807, 2.05) is 6.07 Å². The first-order valence-corrected chi connectivity index (χ1v) is 4.92. The van der Waals surface area contributed by atoms with Crippen molar-refractivity contribution in [3.8, 4) is 0 Å². The lowest BCUT2D eigenvalue weighted by Crippen LogP contribution is -2.12. The molecule has 1 aromatic carbocycles. The summed E-state index contributed by atoms with van der Waals surface area (Å²) in [7, 11) is 3.76. The summed E-state index contributed by atoms with van der Waals surface area (Å²) in [5.41, 5.74) is 9.20. The molecule has 0 radical (unpaired) electrons. The van der Waals surface area contributed by atoms with E-state index in [0.29, 0.717) is 5.84 Å². The molecule has 0 saturated carbocycles. The fourth-order valence-electron chi connectivity index (χ4n) is 1.76. The molecule has 78 valence electrons.